The molecule has 19 heavy (non-hydrogen) atoms. The summed E-state index contributed by atoms with van der Waals surface area (Å²) >= 11 is 0. The monoisotopic (exact) mass is 265 g/mol. The molecule has 1 fully saturated rings. The van der Waals surface area contributed by atoms with Crippen LogP contribution in [-0.4, -0.2) is 26.0 Å². The second-order valence-corrected chi connectivity index (χ2v) is 4.92. The smallest absolute Gasteiger partial charge is 0.224 e. The first-order valence-corrected chi connectivity index (χ1v) is 6.60. The van der Waals surface area contributed by atoms with Gasteiger partial charge >= 0.3 is 0 Å². The molecule has 1 amide bonds. The average molecular weight is 265 g/mol. The normalized spacial score (nSPS) is 19.3. The van der Waals surface area contributed by atoms with E-state index in [-0.39, 0.29) is 17.6 Å². The minimum absolute atomic E-state index is 0.0247. The maximum absolute atomic E-state index is 13.5. The molecule has 4 nitrogen and oxygen atoms in total. The summed E-state index contributed by atoms with van der Waals surface area (Å²) in [6.07, 6.45) is 1.82. The summed E-state index contributed by atoms with van der Waals surface area (Å²) in [5.41, 5.74) is 7.15. The Morgan fingerprint density at radius 1 is 1.53 bits per heavy atom. The van der Waals surface area contributed by atoms with Crippen LogP contribution in [0.25, 0.3) is 0 Å². The number of nitrogens with two attached hydrogens (primary N) is 1. The summed E-state index contributed by atoms with van der Waals surface area (Å²) in [6.45, 7) is 1.80. The molecule has 0 radical (unpaired) electrons. The van der Waals surface area contributed by atoms with Crippen molar-refractivity contribution in [3.63, 3.8) is 0 Å². The first-order valence-electron chi connectivity index (χ1n) is 6.60. The minimum Gasteiger partial charge on any atom is -0.371 e. The highest BCUT2D eigenvalue weighted by atomic mass is 19.1. The van der Waals surface area contributed by atoms with Crippen LogP contribution >= 0.6 is 0 Å². The van der Waals surface area contributed by atoms with Crippen LogP contribution in [-0.2, 0) is 11.3 Å². The van der Waals surface area contributed by atoms with Crippen LogP contribution in [0.3, 0.4) is 0 Å². The Bertz CT molecular complexity index is 464. The van der Waals surface area contributed by atoms with Crippen molar-refractivity contribution < 1.29 is 9.18 Å². The van der Waals surface area contributed by atoms with Crippen LogP contribution in [0.2, 0.25) is 0 Å². The van der Waals surface area contributed by atoms with Gasteiger partial charge in [0.05, 0.1) is 5.92 Å². The molecule has 3 N–H and O–H groups in total. The fourth-order valence-corrected chi connectivity index (χ4v) is 2.56. The first-order chi connectivity index (χ1) is 9.13. The summed E-state index contributed by atoms with van der Waals surface area (Å²) < 4.78 is 13.5. The summed E-state index contributed by atoms with van der Waals surface area (Å²) in [5, 5.41) is 2.68. The number of carbonyl (C=O) groups is 1. The third-order valence-corrected chi connectivity index (χ3v) is 3.58. The molecule has 5 heteroatoms. The van der Waals surface area contributed by atoms with Gasteiger partial charge in [-0.1, -0.05) is 0 Å². The Labute approximate surface area is 112 Å². The third-order valence-electron chi connectivity index (χ3n) is 3.58. The van der Waals surface area contributed by atoms with E-state index >= 15 is 0 Å². The Morgan fingerprint density at radius 2 is 2.32 bits per heavy atom. The molecule has 0 bridgehead atoms. The second-order valence-electron chi connectivity index (χ2n) is 4.92. The number of nitrogens with zero attached hydrogens (tertiary/aromatic N) is 1. The molecule has 0 aliphatic carbocycles. The molecular weight excluding hydrogens is 245 g/mol. The number of piperidine rings is 1. The molecule has 2 rings (SSSR count). The zero-order valence-corrected chi connectivity index (χ0v) is 11.2. The third kappa shape index (κ3) is 3.23. The number of benzene rings is 1. The van der Waals surface area contributed by atoms with E-state index in [4.69, 9.17) is 5.73 Å². The lowest BCUT2D eigenvalue weighted by Crippen LogP contribution is -2.42. The van der Waals surface area contributed by atoms with Gasteiger partial charge in [0, 0.05) is 32.4 Å². The van der Waals surface area contributed by atoms with Crippen molar-refractivity contribution in [3.8, 4) is 0 Å². The number of carbonyl (C=O) groups excluding carboxylic acids is 1. The predicted molar refractivity (Wildman–Crippen MR) is 73.3 cm³/mol. The van der Waals surface area contributed by atoms with Gasteiger partial charge in [-0.05, 0) is 36.6 Å². The van der Waals surface area contributed by atoms with Crippen LogP contribution in [0.15, 0.2) is 18.2 Å². The highest BCUT2D eigenvalue weighted by Gasteiger charge is 2.25. The lowest BCUT2D eigenvalue weighted by molar-refractivity contribution is -0.124. The molecule has 1 aromatic rings. The summed E-state index contributed by atoms with van der Waals surface area (Å²) in [6, 6.07) is 4.85. The Hall–Kier alpha value is -1.62. The van der Waals surface area contributed by atoms with Gasteiger partial charge in [0.25, 0.3) is 0 Å². The number of anilines is 1. The van der Waals surface area contributed by atoms with Crippen LogP contribution in [0, 0.1) is 11.7 Å². The summed E-state index contributed by atoms with van der Waals surface area (Å²) in [7, 11) is 1.65. The first kappa shape index (κ1) is 13.8. The molecular formula is C14H20FN3O. The van der Waals surface area contributed by atoms with Gasteiger partial charge in [-0.3, -0.25) is 4.79 Å². The molecule has 104 valence electrons. The van der Waals surface area contributed by atoms with Crippen molar-refractivity contribution in [1.29, 1.82) is 0 Å². The van der Waals surface area contributed by atoms with Crippen molar-refractivity contribution in [2.45, 2.75) is 19.4 Å². The lowest BCUT2D eigenvalue weighted by atomic mass is 9.96. The van der Waals surface area contributed by atoms with Crippen LogP contribution in [0.5, 0.6) is 0 Å². The number of hydrogen-bond acceptors (Lipinski definition) is 3. The number of rotatable bonds is 3. The van der Waals surface area contributed by atoms with E-state index in [1.54, 1.807) is 7.05 Å². The maximum Gasteiger partial charge on any atom is 0.224 e. The van der Waals surface area contributed by atoms with Gasteiger partial charge in [-0.2, -0.15) is 0 Å². The highest BCUT2D eigenvalue weighted by molar-refractivity contribution is 5.79. The van der Waals surface area contributed by atoms with Crippen LogP contribution < -0.4 is 16.0 Å². The van der Waals surface area contributed by atoms with Crippen molar-refractivity contribution in [3.05, 3.63) is 29.6 Å². The minimum atomic E-state index is -0.278. The van der Waals surface area contributed by atoms with Crippen LogP contribution in [0.4, 0.5) is 10.1 Å². The lowest BCUT2D eigenvalue weighted by Gasteiger charge is -2.33. The predicted octanol–water partition coefficient (Wildman–Crippen LogP) is 1.25. The molecule has 1 saturated heterocycles. The van der Waals surface area contributed by atoms with Gasteiger partial charge in [-0.15, -0.1) is 0 Å². The Kier molecular flexibility index (Phi) is 4.37. The van der Waals surface area contributed by atoms with Crippen LogP contribution in [0.1, 0.15) is 18.4 Å². The number of nitrogens with one attached hydrogen (secondary N) is 1. The van der Waals surface area contributed by atoms with E-state index in [0.717, 1.165) is 30.6 Å². The number of amides is 1. The van der Waals surface area contributed by atoms with Gasteiger partial charge in [-0.25, -0.2) is 4.39 Å². The topological polar surface area (TPSA) is 58.4 Å². The Balaban J connectivity index is 2.17. The van der Waals surface area contributed by atoms with E-state index in [1.165, 1.54) is 12.1 Å². The molecule has 1 aliphatic rings. The Morgan fingerprint density at radius 3 is 3.00 bits per heavy atom. The highest BCUT2D eigenvalue weighted by Crippen LogP contribution is 2.25. The molecule has 1 heterocycles. The second kappa shape index (κ2) is 6.02. The number of halogens is 1. The van der Waals surface area contributed by atoms with Crippen molar-refractivity contribution in [2.24, 2.45) is 11.7 Å². The average Bonchev–Trinajstić information content (AvgIpc) is 2.45. The van der Waals surface area contributed by atoms with E-state index in [1.807, 2.05) is 6.07 Å². The maximum atomic E-state index is 13.5. The molecule has 1 aliphatic heterocycles. The van der Waals surface area contributed by atoms with E-state index in [2.05, 4.69) is 10.2 Å². The largest absolute Gasteiger partial charge is 0.371 e. The summed E-state index contributed by atoms with van der Waals surface area (Å²) in [4.78, 5) is 13.8. The zero-order chi connectivity index (χ0) is 13.8. The zero-order valence-electron chi connectivity index (χ0n) is 11.2. The van der Waals surface area contributed by atoms with Gasteiger partial charge in [0.1, 0.15) is 5.82 Å². The molecule has 1 aromatic carbocycles. The molecule has 1 atom stereocenters. The summed E-state index contributed by atoms with van der Waals surface area (Å²) in [5.74, 6) is -0.247. The number of hydrogen-bond donors (Lipinski definition) is 2. The van der Waals surface area contributed by atoms with E-state index in [0.29, 0.717) is 13.1 Å². The SMILES string of the molecule is CNC(=O)C1CCCN(c2cc(F)cc(CN)c2)C1. The van der Waals surface area contributed by atoms with E-state index < -0.39 is 0 Å². The quantitative estimate of drug-likeness (QED) is 0.864. The van der Waals surface area contributed by atoms with Gasteiger partial charge in [0.15, 0.2) is 0 Å². The fraction of sp³-hybridized carbons (Fsp3) is 0.500. The fourth-order valence-electron chi connectivity index (χ4n) is 2.56. The van der Waals surface area contributed by atoms with Crippen molar-refractivity contribution in [2.75, 3.05) is 25.0 Å². The van der Waals surface area contributed by atoms with Crippen molar-refractivity contribution in [1.82, 2.24) is 5.32 Å². The molecule has 0 aromatic heterocycles. The van der Waals surface area contributed by atoms with Gasteiger partial charge < -0.3 is 16.0 Å². The molecule has 0 spiro atoms. The van der Waals surface area contributed by atoms with Crippen molar-refractivity contribution >= 4 is 11.6 Å². The molecule has 0 saturated carbocycles. The standard InChI is InChI=1S/C14H20FN3O/c1-17-14(19)11-3-2-4-18(9-11)13-6-10(8-16)5-12(15)7-13/h5-7,11H,2-4,8-9,16H2,1H3,(H,17,19). The van der Waals surface area contributed by atoms with E-state index in [9.17, 15) is 9.18 Å². The van der Waals surface area contributed by atoms with Gasteiger partial charge in [0.2, 0.25) is 5.91 Å². The molecule has 1 unspecified atom stereocenters.